The molecule has 1 amide bonds. The van der Waals surface area contributed by atoms with Gasteiger partial charge < -0.3 is 20.0 Å². The van der Waals surface area contributed by atoms with E-state index in [0.717, 1.165) is 5.56 Å². The molecule has 120 valence electrons. The van der Waals surface area contributed by atoms with Crippen LogP contribution in [0.1, 0.15) is 15.9 Å². The maximum atomic E-state index is 11.9. The van der Waals surface area contributed by atoms with Crippen molar-refractivity contribution in [2.24, 2.45) is 0 Å². The van der Waals surface area contributed by atoms with Crippen LogP contribution in [0.3, 0.4) is 0 Å². The molecule has 0 spiro atoms. The predicted molar refractivity (Wildman–Crippen MR) is 88.8 cm³/mol. The lowest BCUT2D eigenvalue weighted by Crippen LogP contribution is -2.22. The Balaban J connectivity index is 1.96. The Hall–Kier alpha value is -2.05. The highest BCUT2D eigenvalue weighted by molar-refractivity contribution is 9.10. The van der Waals surface area contributed by atoms with Crippen LogP contribution in [0.2, 0.25) is 5.02 Å². The van der Waals surface area contributed by atoms with E-state index in [0.29, 0.717) is 20.9 Å². The van der Waals surface area contributed by atoms with E-state index in [1.54, 1.807) is 18.2 Å². The van der Waals surface area contributed by atoms with Gasteiger partial charge in [-0.05, 0) is 64.3 Å². The lowest BCUT2D eigenvalue weighted by Gasteiger charge is -2.11. The second-order valence-corrected chi connectivity index (χ2v) is 6.00. The zero-order chi connectivity index (χ0) is 17.0. The summed E-state index contributed by atoms with van der Waals surface area (Å²) >= 11 is 9.17. The first-order valence-electron chi connectivity index (χ1n) is 6.56. The van der Waals surface area contributed by atoms with Gasteiger partial charge in [0.05, 0.1) is 10.4 Å². The molecule has 7 heteroatoms. The van der Waals surface area contributed by atoms with E-state index in [4.69, 9.17) is 16.3 Å². The Morgan fingerprint density at radius 3 is 2.61 bits per heavy atom. The van der Waals surface area contributed by atoms with Crippen LogP contribution in [0.15, 0.2) is 40.9 Å². The molecule has 0 atom stereocenters. The minimum absolute atomic E-state index is 0.0166. The summed E-state index contributed by atoms with van der Waals surface area (Å²) in [7, 11) is 0. The number of aromatic carboxylic acids is 1. The molecule has 2 aromatic rings. The Morgan fingerprint density at radius 1 is 1.26 bits per heavy atom. The summed E-state index contributed by atoms with van der Waals surface area (Å²) in [4.78, 5) is 22.6. The first-order valence-corrected chi connectivity index (χ1v) is 7.73. The zero-order valence-corrected chi connectivity index (χ0v) is 14.4. The monoisotopic (exact) mass is 396 g/mol. The van der Waals surface area contributed by atoms with Gasteiger partial charge in [-0.3, -0.25) is 4.79 Å². The van der Waals surface area contributed by atoms with Crippen LogP contribution in [0.4, 0.5) is 5.69 Å². The number of carbonyl (C=O) groups is 2. The number of carboxylic acids is 1. The second-order valence-electron chi connectivity index (χ2n) is 4.73. The van der Waals surface area contributed by atoms with Crippen LogP contribution in [0.25, 0.3) is 0 Å². The topological polar surface area (TPSA) is 78.5 Å². The molecule has 0 saturated carbocycles. The van der Waals surface area contributed by atoms with Gasteiger partial charge >= 0.3 is 0 Å². The number of hydrogen-bond donors (Lipinski definition) is 1. The molecular weight excluding hydrogens is 386 g/mol. The first kappa shape index (κ1) is 17.3. The van der Waals surface area contributed by atoms with Crippen molar-refractivity contribution in [2.75, 3.05) is 11.9 Å². The second kappa shape index (κ2) is 7.48. The Labute approximate surface area is 146 Å². The van der Waals surface area contributed by atoms with Crippen LogP contribution in [0.5, 0.6) is 5.75 Å². The highest BCUT2D eigenvalue weighted by Gasteiger charge is 2.08. The maximum Gasteiger partial charge on any atom is 0.262 e. The smallest absolute Gasteiger partial charge is 0.262 e. The molecule has 0 bridgehead atoms. The Bertz CT molecular complexity index is 764. The number of amides is 1. The summed E-state index contributed by atoms with van der Waals surface area (Å²) < 4.78 is 5.78. The quantitative estimate of drug-likeness (QED) is 0.841. The van der Waals surface area contributed by atoms with Gasteiger partial charge in [0.1, 0.15) is 5.75 Å². The lowest BCUT2D eigenvalue weighted by atomic mass is 10.2. The third-order valence-corrected chi connectivity index (χ3v) is 4.01. The lowest BCUT2D eigenvalue weighted by molar-refractivity contribution is -0.255. The maximum absolute atomic E-state index is 11.9. The third kappa shape index (κ3) is 4.71. The standard InChI is InChI=1S/C16H13BrClNO4/c1-9-2-4-11(7-13(9)18)19-15(20)8-23-14-5-3-10(16(21)22)6-12(14)17/h2-7H,8H2,1H3,(H,19,20)(H,21,22)/p-1. The van der Waals surface area contributed by atoms with Crippen LogP contribution in [-0.4, -0.2) is 18.5 Å². The van der Waals surface area contributed by atoms with Crippen molar-refractivity contribution >= 4 is 45.1 Å². The van der Waals surface area contributed by atoms with Crippen molar-refractivity contribution in [2.45, 2.75) is 6.92 Å². The number of halogens is 2. The third-order valence-electron chi connectivity index (χ3n) is 2.98. The van der Waals surface area contributed by atoms with E-state index < -0.39 is 5.97 Å². The molecular formula is C16H12BrClNO4-. The van der Waals surface area contributed by atoms with E-state index in [1.165, 1.54) is 18.2 Å². The first-order chi connectivity index (χ1) is 10.9. The van der Waals surface area contributed by atoms with Crippen molar-refractivity contribution in [3.63, 3.8) is 0 Å². The van der Waals surface area contributed by atoms with E-state index >= 15 is 0 Å². The van der Waals surface area contributed by atoms with Gasteiger partial charge in [-0.15, -0.1) is 0 Å². The predicted octanol–water partition coefficient (Wildman–Crippen LogP) is 2.79. The fraction of sp³-hybridized carbons (Fsp3) is 0.125. The molecule has 0 aliphatic rings. The molecule has 0 unspecified atom stereocenters. The number of anilines is 1. The normalized spacial score (nSPS) is 10.2. The van der Waals surface area contributed by atoms with Crippen molar-refractivity contribution in [3.8, 4) is 5.75 Å². The van der Waals surface area contributed by atoms with Crippen LogP contribution in [0, 0.1) is 6.92 Å². The zero-order valence-electron chi connectivity index (χ0n) is 12.1. The molecule has 23 heavy (non-hydrogen) atoms. The minimum atomic E-state index is -1.29. The number of nitrogens with one attached hydrogen (secondary N) is 1. The number of rotatable bonds is 5. The van der Waals surface area contributed by atoms with E-state index in [9.17, 15) is 14.7 Å². The fourth-order valence-electron chi connectivity index (χ4n) is 1.76. The Morgan fingerprint density at radius 2 is 2.00 bits per heavy atom. The van der Waals surface area contributed by atoms with Crippen LogP contribution < -0.4 is 15.2 Å². The fourth-order valence-corrected chi connectivity index (χ4v) is 2.43. The molecule has 2 aromatic carbocycles. The number of aryl methyl sites for hydroxylation is 1. The van der Waals surface area contributed by atoms with Gasteiger partial charge in [-0.25, -0.2) is 0 Å². The van der Waals surface area contributed by atoms with Gasteiger partial charge in [0.25, 0.3) is 5.91 Å². The molecule has 0 aromatic heterocycles. The summed E-state index contributed by atoms with van der Waals surface area (Å²) in [6, 6.07) is 9.33. The van der Waals surface area contributed by atoms with Gasteiger partial charge in [0.2, 0.25) is 0 Å². The summed E-state index contributed by atoms with van der Waals surface area (Å²) in [5.41, 5.74) is 1.50. The van der Waals surface area contributed by atoms with Crippen molar-refractivity contribution in [1.29, 1.82) is 0 Å². The number of ether oxygens (including phenoxy) is 1. The van der Waals surface area contributed by atoms with Gasteiger partial charge in [0.15, 0.2) is 6.61 Å². The number of carbonyl (C=O) groups excluding carboxylic acids is 2. The van der Waals surface area contributed by atoms with Crippen LogP contribution >= 0.6 is 27.5 Å². The number of hydrogen-bond acceptors (Lipinski definition) is 4. The Kier molecular flexibility index (Phi) is 5.63. The van der Waals surface area contributed by atoms with E-state index in [2.05, 4.69) is 21.2 Å². The van der Waals surface area contributed by atoms with Crippen molar-refractivity contribution < 1.29 is 19.4 Å². The van der Waals surface area contributed by atoms with Gasteiger partial charge in [-0.1, -0.05) is 17.7 Å². The average molecular weight is 398 g/mol. The minimum Gasteiger partial charge on any atom is -0.545 e. The average Bonchev–Trinajstić information content (AvgIpc) is 2.49. The van der Waals surface area contributed by atoms with Crippen molar-refractivity contribution in [1.82, 2.24) is 0 Å². The molecule has 0 saturated heterocycles. The molecule has 0 radical (unpaired) electrons. The van der Waals surface area contributed by atoms with E-state index in [-0.39, 0.29) is 18.1 Å². The molecule has 2 rings (SSSR count). The summed E-state index contributed by atoms with van der Waals surface area (Å²) in [6.45, 7) is 1.64. The van der Waals surface area contributed by atoms with Gasteiger partial charge in [-0.2, -0.15) is 0 Å². The largest absolute Gasteiger partial charge is 0.545 e. The summed E-state index contributed by atoms with van der Waals surface area (Å²) in [6.07, 6.45) is 0. The molecule has 5 nitrogen and oxygen atoms in total. The molecule has 0 heterocycles. The summed E-state index contributed by atoms with van der Waals surface area (Å²) in [5.74, 6) is -1.29. The van der Waals surface area contributed by atoms with Crippen molar-refractivity contribution in [3.05, 3.63) is 57.0 Å². The molecule has 0 aliphatic heterocycles. The summed E-state index contributed by atoms with van der Waals surface area (Å²) in [5, 5.41) is 14.0. The number of carboxylic acid groups (broad SMARTS) is 1. The molecule has 0 fully saturated rings. The van der Waals surface area contributed by atoms with Crippen LogP contribution in [-0.2, 0) is 4.79 Å². The molecule has 1 N–H and O–H groups in total. The highest BCUT2D eigenvalue weighted by Crippen LogP contribution is 2.26. The number of benzene rings is 2. The van der Waals surface area contributed by atoms with E-state index in [1.807, 2.05) is 6.92 Å². The highest BCUT2D eigenvalue weighted by atomic mass is 79.9. The van der Waals surface area contributed by atoms with Gasteiger partial charge in [0, 0.05) is 10.7 Å². The molecule has 0 aliphatic carbocycles. The SMILES string of the molecule is Cc1ccc(NC(=O)COc2ccc(C(=O)[O-])cc2Br)cc1Cl.